The average molecular weight is 271 g/mol. The average Bonchev–Trinajstić information content (AvgIpc) is 2.73. The summed E-state index contributed by atoms with van der Waals surface area (Å²) < 4.78 is 5.39. The lowest BCUT2D eigenvalue weighted by Crippen LogP contribution is -2.36. The lowest BCUT2D eigenvalue weighted by molar-refractivity contribution is -0.384. The summed E-state index contributed by atoms with van der Waals surface area (Å²) in [7, 11) is 0. The summed E-state index contributed by atoms with van der Waals surface area (Å²) in [5, 5.41) is 10.7. The standard InChI is InChI=1S/C11H11ClN2O4/c12-4-1-5-13-9-6-8(14(16)17)2-3-10(9)18-11(13)7-15/h2-3,6-7,11H,1,4-5H2. The van der Waals surface area contributed by atoms with E-state index in [0.29, 0.717) is 36.6 Å². The molecular weight excluding hydrogens is 260 g/mol. The van der Waals surface area contributed by atoms with E-state index in [1.165, 1.54) is 18.2 Å². The fraction of sp³-hybridized carbons (Fsp3) is 0.364. The monoisotopic (exact) mass is 270 g/mol. The van der Waals surface area contributed by atoms with Crippen molar-refractivity contribution >= 4 is 29.3 Å². The number of nitro benzene ring substituents is 1. The molecule has 18 heavy (non-hydrogen) atoms. The van der Waals surface area contributed by atoms with Gasteiger partial charge >= 0.3 is 0 Å². The number of halogens is 1. The van der Waals surface area contributed by atoms with Crippen LogP contribution in [0.2, 0.25) is 0 Å². The molecule has 2 rings (SSSR count). The van der Waals surface area contributed by atoms with E-state index in [1.807, 2.05) is 0 Å². The SMILES string of the molecule is O=CC1Oc2ccc([N+](=O)[O-])cc2N1CCCCl. The molecule has 1 aromatic rings. The molecule has 1 aromatic carbocycles. The molecule has 7 heteroatoms. The van der Waals surface area contributed by atoms with Crippen molar-refractivity contribution in [1.82, 2.24) is 0 Å². The highest BCUT2D eigenvalue weighted by Crippen LogP contribution is 2.39. The third-order valence-electron chi connectivity index (χ3n) is 2.67. The number of hydrogen-bond acceptors (Lipinski definition) is 5. The Morgan fingerprint density at radius 3 is 2.94 bits per heavy atom. The molecule has 0 radical (unpaired) electrons. The lowest BCUT2D eigenvalue weighted by Gasteiger charge is -2.20. The van der Waals surface area contributed by atoms with Crippen molar-refractivity contribution in [2.45, 2.75) is 12.6 Å². The minimum atomic E-state index is -0.731. The maximum atomic E-state index is 10.9. The summed E-state index contributed by atoms with van der Waals surface area (Å²) in [5.41, 5.74) is 0.534. The van der Waals surface area contributed by atoms with Gasteiger partial charge in [-0.1, -0.05) is 0 Å². The summed E-state index contributed by atoms with van der Waals surface area (Å²) >= 11 is 5.62. The Morgan fingerprint density at radius 2 is 2.33 bits per heavy atom. The number of ether oxygens (including phenoxy) is 1. The summed E-state index contributed by atoms with van der Waals surface area (Å²) in [6, 6.07) is 4.27. The first-order valence-electron chi connectivity index (χ1n) is 5.40. The largest absolute Gasteiger partial charge is 0.461 e. The van der Waals surface area contributed by atoms with E-state index in [0.717, 1.165) is 0 Å². The van der Waals surface area contributed by atoms with Gasteiger partial charge in [-0.3, -0.25) is 14.9 Å². The van der Waals surface area contributed by atoms with E-state index in [4.69, 9.17) is 16.3 Å². The van der Waals surface area contributed by atoms with Gasteiger partial charge in [0.1, 0.15) is 5.75 Å². The zero-order valence-electron chi connectivity index (χ0n) is 9.41. The maximum Gasteiger partial charge on any atom is 0.271 e. The Hall–Kier alpha value is -1.82. The number of aldehydes is 1. The van der Waals surface area contributed by atoms with Crippen molar-refractivity contribution in [3.63, 3.8) is 0 Å². The van der Waals surface area contributed by atoms with Gasteiger partial charge in [0.15, 0.2) is 6.29 Å². The van der Waals surface area contributed by atoms with E-state index in [9.17, 15) is 14.9 Å². The number of carbonyl (C=O) groups excluding carboxylic acids is 1. The number of anilines is 1. The van der Waals surface area contributed by atoms with Crippen LogP contribution < -0.4 is 9.64 Å². The molecule has 0 aliphatic carbocycles. The Morgan fingerprint density at radius 1 is 1.56 bits per heavy atom. The number of nitrogens with zero attached hydrogens (tertiary/aromatic N) is 2. The van der Waals surface area contributed by atoms with Gasteiger partial charge in [0.05, 0.1) is 10.6 Å². The van der Waals surface area contributed by atoms with Crippen LogP contribution in [0.4, 0.5) is 11.4 Å². The van der Waals surface area contributed by atoms with Crippen LogP contribution in [0.25, 0.3) is 0 Å². The molecule has 6 nitrogen and oxygen atoms in total. The minimum Gasteiger partial charge on any atom is -0.461 e. The van der Waals surface area contributed by atoms with Gasteiger partial charge in [0.25, 0.3) is 5.69 Å². The Balaban J connectivity index is 2.33. The Bertz CT molecular complexity index is 480. The number of benzene rings is 1. The molecule has 1 unspecified atom stereocenters. The van der Waals surface area contributed by atoms with Gasteiger partial charge < -0.3 is 9.64 Å². The molecule has 1 heterocycles. The fourth-order valence-corrected chi connectivity index (χ4v) is 1.97. The van der Waals surface area contributed by atoms with Gasteiger partial charge in [-0.05, 0) is 12.5 Å². The smallest absolute Gasteiger partial charge is 0.271 e. The first-order chi connectivity index (χ1) is 8.67. The van der Waals surface area contributed by atoms with E-state index < -0.39 is 11.2 Å². The Kier molecular flexibility index (Phi) is 3.66. The van der Waals surface area contributed by atoms with Crippen LogP contribution in [0.1, 0.15) is 6.42 Å². The Labute approximate surface area is 108 Å². The highest BCUT2D eigenvalue weighted by Gasteiger charge is 2.31. The highest BCUT2D eigenvalue weighted by atomic mass is 35.5. The second-order valence-corrected chi connectivity index (χ2v) is 4.17. The number of non-ortho nitro benzene ring substituents is 1. The van der Waals surface area contributed by atoms with Crippen LogP contribution in [-0.4, -0.2) is 29.9 Å². The van der Waals surface area contributed by atoms with E-state index in [1.54, 1.807) is 4.90 Å². The van der Waals surface area contributed by atoms with Crippen LogP contribution in [0.5, 0.6) is 5.75 Å². The number of nitro groups is 1. The molecule has 0 amide bonds. The molecular formula is C11H11ClN2O4. The van der Waals surface area contributed by atoms with Crippen molar-refractivity contribution in [3.05, 3.63) is 28.3 Å². The third-order valence-corrected chi connectivity index (χ3v) is 2.93. The van der Waals surface area contributed by atoms with Crippen molar-refractivity contribution in [2.75, 3.05) is 17.3 Å². The fourth-order valence-electron chi connectivity index (χ4n) is 1.85. The van der Waals surface area contributed by atoms with Crippen LogP contribution in [0.3, 0.4) is 0 Å². The molecule has 0 saturated heterocycles. The predicted molar refractivity (Wildman–Crippen MR) is 66.3 cm³/mol. The highest BCUT2D eigenvalue weighted by molar-refractivity contribution is 6.17. The minimum absolute atomic E-state index is 0.0280. The maximum absolute atomic E-state index is 10.9. The first kappa shape index (κ1) is 12.6. The molecule has 0 spiro atoms. The summed E-state index contributed by atoms with van der Waals surface area (Å²) in [4.78, 5) is 22.9. The molecule has 0 aromatic heterocycles. The summed E-state index contributed by atoms with van der Waals surface area (Å²) in [6.07, 6.45) is 0.600. The summed E-state index contributed by atoms with van der Waals surface area (Å²) in [5.74, 6) is 0.930. The molecule has 0 N–H and O–H groups in total. The lowest BCUT2D eigenvalue weighted by atomic mass is 10.2. The molecule has 0 saturated carbocycles. The van der Waals surface area contributed by atoms with Gasteiger partial charge in [-0.2, -0.15) is 0 Å². The topological polar surface area (TPSA) is 72.7 Å². The van der Waals surface area contributed by atoms with E-state index >= 15 is 0 Å². The molecule has 0 fully saturated rings. The van der Waals surface area contributed by atoms with Gasteiger partial charge in [0, 0.05) is 24.6 Å². The zero-order chi connectivity index (χ0) is 13.1. The molecule has 1 aliphatic rings. The molecule has 96 valence electrons. The van der Waals surface area contributed by atoms with Crippen LogP contribution >= 0.6 is 11.6 Å². The molecule has 0 bridgehead atoms. The van der Waals surface area contributed by atoms with Crippen molar-refractivity contribution in [2.24, 2.45) is 0 Å². The summed E-state index contributed by atoms with van der Waals surface area (Å²) in [6.45, 7) is 0.515. The third kappa shape index (κ3) is 2.24. The van der Waals surface area contributed by atoms with E-state index in [2.05, 4.69) is 0 Å². The first-order valence-corrected chi connectivity index (χ1v) is 5.94. The zero-order valence-corrected chi connectivity index (χ0v) is 10.2. The quantitative estimate of drug-likeness (QED) is 0.354. The normalized spacial score (nSPS) is 17.2. The predicted octanol–water partition coefficient (Wildman–Crippen LogP) is 1.95. The van der Waals surface area contributed by atoms with Crippen LogP contribution in [-0.2, 0) is 4.79 Å². The number of hydrogen-bond donors (Lipinski definition) is 0. The number of carbonyl (C=O) groups is 1. The van der Waals surface area contributed by atoms with Gasteiger partial charge in [0.2, 0.25) is 6.23 Å². The van der Waals surface area contributed by atoms with Crippen molar-refractivity contribution in [1.29, 1.82) is 0 Å². The second kappa shape index (κ2) is 5.22. The van der Waals surface area contributed by atoms with Crippen LogP contribution in [0.15, 0.2) is 18.2 Å². The van der Waals surface area contributed by atoms with E-state index in [-0.39, 0.29) is 5.69 Å². The number of rotatable bonds is 5. The molecule has 1 atom stereocenters. The van der Waals surface area contributed by atoms with Crippen LogP contribution in [0, 0.1) is 10.1 Å². The molecule has 1 aliphatic heterocycles. The number of fused-ring (bicyclic) bond motifs is 1. The van der Waals surface area contributed by atoms with Crippen molar-refractivity contribution in [3.8, 4) is 5.75 Å². The second-order valence-electron chi connectivity index (χ2n) is 3.79. The van der Waals surface area contributed by atoms with Gasteiger partial charge in [-0.15, -0.1) is 11.6 Å². The van der Waals surface area contributed by atoms with Gasteiger partial charge in [-0.25, -0.2) is 0 Å². The van der Waals surface area contributed by atoms with Crippen molar-refractivity contribution < 1.29 is 14.5 Å². The number of alkyl halides is 1.